The van der Waals surface area contributed by atoms with E-state index in [-0.39, 0.29) is 5.82 Å². The predicted molar refractivity (Wildman–Crippen MR) is 47.5 cm³/mol. The van der Waals surface area contributed by atoms with Crippen LogP contribution in [0.2, 0.25) is 0 Å². The molecule has 0 bridgehead atoms. The van der Waals surface area contributed by atoms with Crippen LogP contribution in [0, 0.1) is 11.7 Å². The lowest BCUT2D eigenvalue weighted by molar-refractivity contribution is 0.626. The van der Waals surface area contributed by atoms with Crippen molar-refractivity contribution < 1.29 is 4.39 Å². The van der Waals surface area contributed by atoms with Crippen LogP contribution in [0.15, 0.2) is 24.3 Å². The lowest BCUT2D eigenvalue weighted by Crippen LogP contribution is -1.82. The van der Waals surface area contributed by atoms with E-state index in [1.807, 2.05) is 12.1 Å². The summed E-state index contributed by atoms with van der Waals surface area (Å²) in [5.41, 5.74) is 1.31. The maximum Gasteiger partial charge on any atom is 0.123 e. The standard InChI is InChI=1S/C11H13F/c1-2-8-7-11(8)9-3-5-10(12)6-4-9/h3-6,8,11H,2,7H2,1H3/t8-,11-/m0/s1. The summed E-state index contributed by atoms with van der Waals surface area (Å²) in [6.45, 7) is 2.22. The molecule has 1 aromatic rings. The molecule has 2 atom stereocenters. The van der Waals surface area contributed by atoms with E-state index < -0.39 is 0 Å². The monoisotopic (exact) mass is 164 g/mol. The molecule has 0 nitrogen and oxygen atoms in total. The van der Waals surface area contributed by atoms with E-state index in [1.165, 1.54) is 18.4 Å². The summed E-state index contributed by atoms with van der Waals surface area (Å²) in [6, 6.07) is 6.94. The van der Waals surface area contributed by atoms with Crippen molar-refractivity contribution in [2.75, 3.05) is 0 Å². The van der Waals surface area contributed by atoms with E-state index in [4.69, 9.17) is 0 Å². The van der Waals surface area contributed by atoms with E-state index in [0.29, 0.717) is 0 Å². The van der Waals surface area contributed by atoms with Crippen molar-refractivity contribution in [1.82, 2.24) is 0 Å². The van der Waals surface area contributed by atoms with Gasteiger partial charge in [0, 0.05) is 0 Å². The summed E-state index contributed by atoms with van der Waals surface area (Å²) in [6.07, 6.45) is 2.55. The third-order valence-corrected chi connectivity index (χ3v) is 2.75. The van der Waals surface area contributed by atoms with Crippen LogP contribution < -0.4 is 0 Å². The van der Waals surface area contributed by atoms with Crippen LogP contribution in [0.1, 0.15) is 31.2 Å². The van der Waals surface area contributed by atoms with Gasteiger partial charge in [0.25, 0.3) is 0 Å². The first kappa shape index (κ1) is 7.78. The molecule has 0 aromatic heterocycles. The first-order chi connectivity index (χ1) is 5.81. The van der Waals surface area contributed by atoms with Crippen molar-refractivity contribution in [3.8, 4) is 0 Å². The topological polar surface area (TPSA) is 0 Å². The SMILES string of the molecule is CC[C@H]1C[C@@H]1c1ccc(F)cc1. The van der Waals surface area contributed by atoms with Crippen molar-refractivity contribution in [3.63, 3.8) is 0 Å². The van der Waals surface area contributed by atoms with Gasteiger partial charge in [0.2, 0.25) is 0 Å². The molecule has 0 amide bonds. The highest BCUT2D eigenvalue weighted by Gasteiger charge is 2.36. The lowest BCUT2D eigenvalue weighted by Gasteiger charge is -1.97. The molecule has 1 aliphatic rings. The summed E-state index contributed by atoms with van der Waals surface area (Å²) in [5.74, 6) is 1.44. The van der Waals surface area contributed by atoms with Crippen LogP contribution in [0.5, 0.6) is 0 Å². The third kappa shape index (κ3) is 1.36. The van der Waals surface area contributed by atoms with Crippen LogP contribution in [0.3, 0.4) is 0 Å². The number of hydrogen-bond acceptors (Lipinski definition) is 0. The average molecular weight is 164 g/mol. The van der Waals surface area contributed by atoms with E-state index in [9.17, 15) is 4.39 Å². The molecule has 0 radical (unpaired) electrons. The highest BCUT2D eigenvalue weighted by molar-refractivity contribution is 5.25. The highest BCUT2D eigenvalue weighted by atomic mass is 19.1. The van der Waals surface area contributed by atoms with Crippen molar-refractivity contribution in [3.05, 3.63) is 35.6 Å². The minimum Gasteiger partial charge on any atom is -0.207 e. The van der Waals surface area contributed by atoms with Crippen molar-refractivity contribution >= 4 is 0 Å². The van der Waals surface area contributed by atoms with Gasteiger partial charge in [0.15, 0.2) is 0 Å². The number of benzene rings is 1. The fourth-order valence-corrected chi connectivity index (χ4v) is 1.82. The molecule has 0 saturated heterocycles. The lowest BCUT2D eigenvalue weighted by atomic mass is 10.1. The molecule has 1 saturated carbocycles. The van der Waals surface area contributed by atoms with Gasteiger partial charge in [-0.05, 0) is 36.0 Å². The first-order valence-electron chi connectivity index (χ1n) is 4.56. The van der Waals surface area contributed by atoms with Crippen molar-refractivity contribution in [2.45, 2.75) is 25.7 Å². The fourth-order valence-electron chi connectivity index (χ4n) is 1.82. The normalized spacial score (nSPS) is 27.2. The van der Waals surface area contributed by atoms with Gasteiger partial charge in [0.1, 0.15) is 5.82 Å². The Morgan fingerprint density at radius 2 is 2.00 bits per heavy atom. The molecule has 0 N–H and O–H groups in total. The molecule has 12 heavy (non-hydrogen) atoms. The Labute approximate surface area is 72.4 Å². The first-order valence-corrected chi connectivity index (χ1v) is 4.56. The van der Waals surface area contributed by atoms with Gasteiger partial charge in [0.05, 0.1) is 0 Å². The maximum atomic E-state index is 12.5. The molecule has 1 aromatic carbocycles. The molecule has 1 heteroatoms. The second-order valence-electron chi connectivity index (χ2n) is 3.56. The fraction of sp³-hybridized carbons (Fsp3) is 0.455. The quantitative estimate of drug-likeness (QED) is 0.629. The Kier molecular flexibility index (Phi) is 1.87. The van der Waals surface area contributed by atoms with Gasteiger partial charge < -0.3 is 0 Å². The Balaban J connectivity index is 2.10. The summed E-state index contributed by atoms with van der Waals surface area (Å²) < 4.78 is 12.5. The Morgan fingerprint density at radius 1 is 1.33 bits per heavy atom. The molecular formula is C11H13F. The molecule has 1 fully saturated rings. The zero-order chi connectivity index (χ0) is 8.55. The second-order valence-corrected chi connectivity index (χ2v) is 3.56. The molecular weight excluding hydrogens is 151 g/mol. The van der Waals surface area contributed by atoms with Crippen molar-refractivity contribution in [2.24, 2.45) is 5.92 Å². The van der Waals surface area contributed by atoms with E-state index >= 15 is 0 Å². The Morgan fingerprint density at radius 3 is 2.50 bits per heavy atom. The zero-order valence-electron chi connectivity index (χ0n) is 7.26. The van der Waals surface area contributed by atoms with Crippen LogP contribution in [0.25, 0.3) is 0 Å². The van der Waals surface area contributed by atoms with Gasteiger partial charge in [-0.3, -0.25) is 0 Å². The predicted octanol–water partition coefficient (Wildman–Crippen LogP) is 3.34. The van der Waals surface area contributed by atoms with Crippen LogP contribution in [-0.2, 0) is 0 Å². The van der Waals surface area contributed by atoms with Crippen molar-refractivity contribution in [1.29, 1.82) is 0 Å². The second kappa shape index (κ2) is 2.89. The summed E-state index contributed by atoms with van der Waals surface area (Å²) in [5, 5.41) is 0. The van der Waals surface area contributed by atoms with Crippen LogP contribution in [-0.4, -0.2) is 0 Å². The van der Waals surface area contributed by atoms with Gasteiger partial charge in [-0.25, -0.2) is 4.39 Å². The van der Waals surface area contributed by atoms with E-state index in [0.717, 1.165) is 11.8 Å². The van der Waals surface area contributed by atoms with E-state index in [1.54, 1.807) is 12.1 Å². The third-order valence-electron chi connectivity index (χ3n) is 2.75. The minimum absolute atomic E-state index is 0.132. The smallest absolute Gasteiger partial charge is 0.123 e. The molecule has 0 aliphatic heterocycles. The summed E-state index contributed by atoms with van der Waals surface area (Å²) >= 11 is 0. The van der Waals surface area contributed by atoms with Gasteiger partial charge in [-0.15, -0.1) is 0 Å². The molecule has 0 unspecified atom stereocenters. The largest absolute Gasteiger partial charge is 0.207 e. The summed E-state index contributed by atoms with van der Waals surface area (Å²) in [4.78, 5) is 0. The maximum absolute atomic E-state index is 12.5. The molecule has 2 rings (SSSR count). The zero-order valence-corrected chi connectivity index (χ0v) is 7.26. The number of halogens is 1. The van der Waals surface area contributed by atoms with Gasteiger partial charge in [-0.1, -0.05) is 25.5 Å². The molecule has 1 aliphatic carbocycles. The number of hydrogen-bond donors (Lipinski definition) is 0. The highest BCUT2D eigenvalue weighted by Crippen LogP contribution is 2.49. The molecule has 64 valence electrons. The Bertz CT molecular complexity index is 263. The number of rotatable bonds is 2. The minimum atomic E-state index is -0.132. The summed E-state index contributed by atoms with van der Waals surface area (Å²) in [7, 11) is 0. The average Bonchev–Trinajstić information content (AvgIpc) is 2.85. The van der Waals surface area contributed by atoms with E-state index in [2.05, 4.69) is 6.92 Å². The van der Waals surface area contributed by atoms with Crippen LogP contribution in [0.4, 0.5) is 4.39 Å². The Hall–Kier alpha value is -0.850. The molecule has 0 heterocycles. The van der Waals surface area contributed by atoms with Gasteiger partial charge in [-0.2, -0.15) is 0 Å². The van der Waals surface area contributed by atoms with Gasteiger partial charge >= 0.3 is 0 Å². The molecule has 0 spiro atoms. The van der Waals surface area contributed by atoms with Crippen LogP contribution >= 0.6 is 0 Å².